The van der Waals surface area contributed by atoms with Crippen LogP contribution in [0.1, 0.15) is 18.5 Å². The van der Waals surface area contributed by atoms with E-state index in [0.717, 1.165) is 12.1 Å². The Bertz CT molecular complexity index is 203. The van der Waals surface area contributed by atoms with E-state index in [-0.39, 0.29) is 0 Å². The third-order valence-corrected chi connectivity index (χ3v) is 2.58. The summed E-state index contributed by atoms with van der Waals surface area (Å²) in [5, 5.41) is 9.47. The smallest absolute Gasteiger partial charge is 0.0770 e. The highest BCUT2D eigenvalue weighted by Gasteiger charge is 2.14. The molecule has 1 aromatic rings. The molecule has 1 unspecified atom stereocenters. The summed E-state index contributed by atoms with van der Waals surface area (Å²) in [6.45, 7) is 1.17. The molecule has 60 valence electrons. The van der Waals surface area contributed by atoms with Crippen molar-refractivity contribution in [3.63, 3.8) is 0 Å². The maximum absolute atomic E-state index is 4.01. The molecule has 1 aliphatic heterocycles. The van der Waals surface area contributed by atoms with Crippen molar-refractivity contribution in [3.05, 3.63) is 11.1 Å². The van der Waals surface area contributed by atoms with E-state index in [1.54, 1.807) is 0 Å². The summed E-state index contributed by atoms with van der Waals surface area (Å²) in [5.41, 5.74) is 1.13. The van der Waals surface area contributed by atoms with Gasteiger partial charge in [-0.25, -0.2) is 0 Å². The fourth-order valence-corrected chi connectivity index (χ4v) is 1.92. The summed E-state index contributed by atoms with van der Waals surface area (Å²) in [7, 11) is 0. The maximum atomic E-state index is 4.01. The van der Waals surface area contributed by atoms with Gasteiger partial charge in [0.1, 0.15) is 0 Å². The number of nitrogens with zero attached hydrogens (tertiary/aromatic N) is 2. The molecule has 0 spiro atoms. The highest BCUT2D eigenvalue weighted by atomic mass is 32.1. The van der Waals surface area contributed by atoms with E-state index in [9.17, 15) is 0 Å². The van der Waals surface area contributed by atoms with E-state index < -0.39 is 0 Å². The molecule has 4 heteroatoms. The van der Waals surface area contributed by atoms with E-state index in [1.807, 2.05) is 5.38 Å². The molecule has 1 aliphatic rings. The summed E-state index contributed by atoms with van der Waals surface area (Å²) in [6.07, 6.45) is 3.65. The Kier molecular flexibility index (Phi) is 2.14. The molecule has 2 heterocycles. The molecule has 3 nitrogen and oxygen atoms in total. The minimum atomic E-state index is 0.652. The lowest BCUT2D eigenvalue weighted by Crippen LogP contribution is -2.23. The van der Waals surface area contributed by atoms with Gasteiger partial charge >= 0.3 is 0 Å². The van der Waals surface area contributed by atoms with Gasteiger partial charge in [-0.3, -0.25) is 0 Å². The number of rotatable bonds is 2. The largest absolute Gasteiger partial charge is 0.314 e. The van der Waals surface area contributed by atoms with E-state index in [1.165, 1.54) is 30.9 Å². The molecular weight excluding hydrogens is 158 g/mol. The zero-order chi connectivity index (χ0) is 7.52. The lowest BCUT2D eigenvalue weighted by Gasteiger charge is -2.05. The van der Waals surface area contributed by atoms with Crippen LogP contribution in [0.2, 0.25) is 0 Å². The van der Waals surface area contributed by atoms with Crippen LogP contribution in [0.15, 0.2) is 5.38 Å². The first-order valence-electron chi connectivity index (χ1n) is 3.94. The second-order valence-corrected chi connectivity index (χ2v) is 3.50. The fraction of sp³-hybridized carbons (Fsp3) is 0.714. The third kappa shape index (κ3) is 1.75. The summed E-state index contributed by atoms with van der Waals surface area (Å²) in [4.78, 5) is 0. The number of nitrogens with one attached hydrogen (secondary N) is 1. The van der Waals surface area contributed by atoms with Gasteiger partial charge in [0.25, 0.3) is 0 Å². The van der Waals surface area contributed by atoms with Crippen LogP contribution in [0, 0.1) is 0 Å². The zero-order valence-electron chi connectivity index (χ0n) is 6.29. The predicted octanol–water partition coefficient (Wildman–Crippen LogP) is 0.833. The Labute approximate surface area is 70.0 Å². The Morgan fingerprint density at radius 1 is 1.73 bits per heavy atom. The molecule has 11 heavy (non-hydrogen) atoms. The Morgan fingerprint density at radius 2 is 2.73 bits per heavy atom. The van der Waals surface area contributed by atoms with Crippen molar-refractivity contribution >= 4 is 11.5 Å². The van der Waals surface area contributed by atoms with Crippen molar-refractivity contribution in [2.75, 3.05) is 6.54 Å². The van der Waals surface area contributed by atoms with Gasteiger partial charge in [-0.1, -0.05) is 4.49 Å². The van der Waals surface area contributed by atoms with Gasteiger partial charge in [0.05, 0.1) is 5.69 Å². The summed E-state index contributed by atoms with van der Waals surface area (Å²) < 4.78 is 3.83. The van der Waals surface area contributed by atoms with Crippen LogP contribution < -0.4 is 5.32 Å². The Balaban J connectivity index is 1.90. The highest BCUT2D eigenvalue weighted by molar-refractivity contribution is 7.03. The molecule has 0 bridgehead atoms. The van der Waals surface area contributed by atoms with Crippen LogP contribution in [0.25, 0.3) is 0 Å². The molecular formula is C7H11N3S. The van der Waals surface area contributed by atoms with E-state index in [4.69, 9.17) is 0 Å². The van der Waals surface area contributed by atoms with Gasteiger partial charge in [-0.05, 0) is 30.9 Å². The average Bonchev–Trinajstić information content (AvgIpc) is 2.60. The van der Waals surface area contributed by atoms with Crippen LogP contribution in [-0.4, -0.2) is 22.2 Å². The van der Waals surface area contributed by atoms with Gasteiger partial charge in [0.2, 0.25) is 0 Å². The summed E-state index contributed by atoms with van der Waals surface area (Å²) in [6, 6.07) is 0.652. The first-order valence-corrected chi connectivity index (χ1v) is 4.78. The molecule has 0 amide bonds. The Hall–Kier alpha value is -0.480. The van der Waals surface area contributed by atoms with Crippen molar-refractivity contribution in [2.24, 2.45) is 0 Å². The molecule has 1 N–H and O–H groups in total. The van der Waals surface area contributed by atoms with Crippen molar-refractivity contribution in [3.8, 4) is 0 Å². The van der Waals surface area contributed by atoms with Gasteiger partial charge in [0, 0.05) is 17.8 Å². The van der Waals surface area contributed by atoms with E-state index in [0.29, 0.717) is 6.04 Å². The third-order valence-electron chi connectivity index (χ3n) is 2.02. The lowest BCUT2D eigenvalue weighted by molar-refractivity contribution is 0.594. The van der Waals surface area contributed by atoms with E-state index in [2.05, 4.69) is 14.9 Å². The standard InChI is InChI=1S/C7H11N3S/c1-2-6(8-3-1)4-7-5-11-10-9-7/h5-6,8H,1-4H2. The zero-order valence-corrected chi connectivity index (χ0v) is 7.10. The number of aromatic nitrogens is 2. The molecule has 0 radical (unpaired) electrons. The fourth-order valence-electron chi connectivity index (χ4n) is 1.46. The number of hydrogen-bond donors (Lipinski definition) is 1. The average molecular weight is 169 g/mol. The van der Waals surface area contributed by atoms with Crippen molar-refractivity contribution < 1.29 is 0 Å². The summed E-state index contributed by atoms with van der Waals surface area (Å²) >= 11 is 1.43. The van der Waals surface area contributed by atoms with Gasteiger partial charge in [0.15, 0.2) is 0 Å². The first kappa shape index (κ1) is 7.18. The Morgan fingerprint density at radius 3 is 3.36 bits per heavy atom. The highest BCUT2D eigenvalue weighted by Crippen LogP contribution is 2.10. The molecule has 1 atom stereocenters. The monoisotopic (exact) mass is 169 g/mol. The van der Waals surface area contributed by atoms with Crippen molar-refractivity contribution in [1.82, 2.24) is 14.9 Å². The molecule has 1 saturated heterocycles. The van der Waals surface area contributed by atoms with Gasteiger partial charge in [-0.15, -0.1) is 5.10 Å². The quantitative estimate of drug-likeness (QED) is 0.712. The van der Waals surface area contributed by atoms with Crippen LogP contribution in [0.3, 0.4) is 0 Å². The lowest BCUT2D eigenvalue weighted by atomic mass is 10.1. The molecule has 0 aromatic carbocycles. The van der Waals surface area contributed by atoms with Gasteiger partial charge < -0.3 is 5.32 Å². The normalized spacial score (nSPS) is 24.2. The topological polar surface area (TPSA) is 37.8 Å². The summed E-state index contributed by atoms with van der Waals surface area (Å²) in [5.74, 6) is 0. The SMILES string of the molecule is c1snnc1CC1CCCN1. The molecule has 0 aliphatic carbocycles. The minimum absolute atomic E-state index is 0.652. The first-order chi connectivity index (χ1) is 5.45. The maximum Gasteiger partial charge on any atom is 0.0770 e. The van der Waals surface area contributed by atoms with Crippen LogP contribution in [0.5, 0.6) is 0 Å². The number of hydrogen-bond acceptors (Lipinski definition) is 4. The second-order valence-electron chi connectivity index (χ2n) is 2.89. The molecule has 0 saturated carbocycles. The van der Waals surface area contributed by atoms with Gasteiger partial charge in [-0.2, -0.15) is 0 Å². The molecule has 1 fully saturated rings. The van der Waals surface area contributed by atoms with E-state index >= 15 is 0 Å². The van der Waals surface area contributed by atoms with Crippen LogP contribution >= 0.6 is 11.5 Å². The van der Waals surface area contributed by atoms with Crippen molar-refractivity contribution in [1.29, 1.82) is 0 Å². The molecule has 2 rings (SSSR count). The van der Waals surface area contributed by atoms with Crippen molar-refractivity contribution in [2.45, 2.75) is 25.3 Å². The second kappa shape index (κ2) is 3.28. The molecule has 1 aromatic heterocycles. The van der Waals surface area contributed by atoms with Crippen LogP contribution in [0.4, 0.5) is 0 Å². The minimum Gasteiger partial charge on any atom is -0.314 e. The predicted molar refractivity (Wildman–Crippen MR) is 44.6 cm³/mol. The van der Waals surface area contributed by atoms with Crippen LogP contribution in [-0.2, 0) is 6.42 Å².